The molecule has 0 saturated heterocycles. The maximum atomic E-state index is 9.40. The van der Waals surface area contributed by atoms with E-state index >= 15 is 0 Å². The van der Waals surface area contributed by atoms with E-state index in [9.17, 15) is 5.11 Å². The summed E-state index contributed by atoms with van der Waals surface area (Å²) in [5, 5.41) is 9.40. The zero-order chi connectivity index (χ0) is 13.0. The molecule has 0 heterocycles. The third-order valence-electron chi connectivity index (χ3n) is 2.82. The fourth-order valence-corrected chi connectivity index (χ4v) is 2.25. The Kier molecular flexibility index (Phi) is 4.39. The van der Waals surface area contributed by atoms with Crippen molar-refractivity contribution in [1.29, 1.82) is 0 Å². The van der Waals surface area contributed by atoms with Crippen molar-refractivity contribution in [2.45, 2.75) is 18.9 Å². The van der Waals surface area contributed by atoms with Crippen molar-refractivity contribution in [3.8, 4) is 5.75 Å². The van der Waals surface area contributed by atoms with Gasteiger partial charge in [0.2, 0.25) is 0 Å². The fraction of sp³-hybridized carbons (Fsp3) is 0.200. The summed E-state index contributed by atoms with van der Waals surface area (Å²) in [5.74, 6) is 0.295. The molecular weight excluding hydrogens is 290 g/mol. The van der Waals surface area contributed by atoms with Gasteiger partial charge >= 0.3 is 0 Å². The summed E-state index contributed by atoms with van der Waals surface area (Å²) in [6, 6.07) is 15.5. The highest BCUT2D eigenvalue weighted by Crippen LogP contribution is 2.15. The molecule has 94 valence electrons. The quantitative estimate of drug-likeness (QED) is 0.910. The largest absolute Gasteiger partial charge is 0.508 e. The summed E-state index contributed by atoms with van der Waals surface area (Å²) in [6.45, 7) is 0. The van der Waals surface area contributed by atoms with E-state index in [-0.39, 0.29) is 6.04 Å². The lowest BCUT2D eigenvalue weighted by Gasteiger charge is -2.12. The molecule has 2 aromatic rings. The van der Waals surface area contributed by atoms with Gasteiger partial charge in [-0.1, -0.05) is 40.2 Å². The third-order valence-corrected chi connectivity index (χ3v) is 3.35. The first-order valence-corrected chi connectivity index (χ1v) is 6.71. The van der Waals surface area contributed by atoms with E-state index in [1.54, 1.807) is 12.1 Å². The number of hydrogen-bond acceptors (Lipinski definition) is 2. The molecule has 0 aliphatic heterocycles. The van der Waals surface area contributed by atoms with Crippen molar-refractivity contribution in [3.05, 3.63) is 64.1 Å². The first-order chi connectivity index (χ1) is 8.63. The highest BCUT2D eigenvalue weighted by atomic mass is 79.9. The predicted octanol–water partition coefficient (Wildman–Crippen LogP) is 3.27. The highest BCUT2D eigenvalue weighted by Gasteiger charge is 2.06. The molecule has 3 heteroatoms. The number of phenolic OH excluding ortho intramolecular Hbond substituents is 1. The first-order valence-electron chi connectivity index (χ1n) is 5.91. The van der Waals surface area contributed by atoms with E-state index in [1.807, 2.05) is 24.3 Å². The monoisotopic (exact) mass is 305 g/mol. The van der Waals surface area contributed by atoms with Crippen LogP contribution in [0.15, 0.2) is 53.0 Å². The normalized spacial score (nSPS) is 12.3. The van der Waals surface area contributed by atoms with Crippen molar-refractivity contribution < 1.29 is 5.11 Å². The number of halogens is 1. The number of benzene rings is 2. The Morgan fingerprint density at radius 2 is 1.67 bits per heavy atom. The molecule has 18 heavy (non-hydrogen) atoms. The van der Waals surface area contributed by atoms with Crippen LogP contribution < -0.4 is 5.73 Å². The lowest BCUT2D eigenvalue weighted by atomic mass is 10.00. The zero-order valence-corrected chi connectivity index (χ0v) is 11.6. The van der Waals surface area contributed by atoms with Crippen molar-refractivity contribution >= 4 is 15.9 Å². The summed E-state index contributed by atoms with van der Waals surface area (Å²) in [4.78, 5) is 0. The molecule has 0 amide bonds. The second kappa shape index (κ2) is 6.03. The van der Waals surface area contributed by atoms with Gasteiger partial charge in [0.25, 0.3) is 0 Å². The molecule has 1 unspecified atom stereocenters. The molecule has 2 rings (SSSR count). The minimum Gasteiger partial charge on any atom is -0.508 e. The second-order valence-electron chi connectivity index (χ2n) is 4.46. The number of aromatic hydroxyl groups is 1. The van der Waals surface area contributed by atoms with Gasteiger partial charge in [0.05, 0.1) is 0 Å². The van der Waals surface area contributed by atoms with E-state index in [4.69, 9.17) is 5.73 Å². The molecule has 0 aromatic heterocycles. The number of nitrogens with two attached hydrogens (primary N) is 1. The van der Waals surface area contributed by atoms with Gasteiger partial charge in [-0.15, -0.1) is 0 Å². The highest BCUT2D eigenvalue weighted by molar-refractivity contribution is 9.10. The van der Waals surface area contributed by atoms with Crippen LogP contribution in [0.25, 0.3) is 0 Å². The Bertz CT molecular complexity index is 510. The Hall–Kier alpha value is -1.32. The van der Waals surface area contributed by atoms with Gasteiger partial charge < -0.3 is 10.8 Å². The van der Waals surface area contributed by atoms with Crippen LogP contribution >= 0.6 is 15.9 Å². The second-order valence-corrected chi connectivity index (χ2v) is 5.38. The van der Waals surface area contributed by atoms with Crippen LogP contribution in [0, 0.1) is 0 Å². The Morgan fingerprint density at radius 3 is 2.33 bits per heavy atom. The van der Waals surface area contributed by atoms with Crippen LogP contribution in [-0.4, -0.2) is 11.1 Å². The van der Waals surface area contributed by atoms with Gasteiger partial charge in [-0.25, -0.2) is 0 Å². The maximum absolute atomic E-state index is 9.40. The molecule has 0 bridgehead atoms. The van der Waals surface area contributed by atoms with Gasteiger partial charge in [-0.3, -0.25) is 0 Å². The van der Waals surface area contributed by atoms with Crippen molar-refractivity contribution in [3.63, 3.8) is 0 Å². The molecule has 0 spiro atoms. The SMILES string of the molecule is NC(Cc1ccc(Br)cc1)Cc1cccc(O)c1. The number of phenols is 1. The van der Waals surface area contributed by atoms with Crippen LogP contribution in [-0.2, 0) is 12.8 Å². The molecule has 0 saturated carbocycles. The molecule has 0 aliphatic carbocycles. The summed E-state index contributed by atoms with van der Waals surface area (Å²) < 4.78 is 1.08. The Balaban J connectivity index is 1.96. The van der Waals surface area contributed by atoms with E-state index in [0.29, 0.717) is 5.75 Å². The molecule has 2 nitrogen and oxygen atoms in total. The zero-order valence-electron chi connectivity index (χ0n) is 10.0. The molecule has 0 aliphatic rings. The standard InChI is InChI=1S/C15H16BrNO/c16-13-6-4-11(5-7-13)8-14(17)9-12-2-1-3-15(18)10-12/h1-7,10,14,18H,8-9,17H2. The summed E-state index contributed by atoms with van der Waals surface area (Å²) in [5.41, 5.74) is 8.43. The summed E-state index contributed by atoms with van der Waals surface area (Å²) in [7, 11) is 0. The van der Waals surface area contributed by atoms with Gasteiger partial charge in [0.15, 0.2) is 0 Å². The van der Waals surface area contributed by atoms with Crippen LogP contribution in [0.3, 0.4) is 0 Å². The molecule has 0 radical (unpaired) electrons. The van der Waals surface area contributed by atoms with E-state index in [0.717, 1.165) is 22.9 Å². The lowest BCUT2D eigenvalue weighted by molar-refractivity contribution is 0.474. The minimum absolute atomic E-state index is 0.0629. The van der Waals surface area contributed by atoms with E-state index in [1.165, 1.54) is 5.56 Å². The van der Waals surface area contributed by atoms with E-state index in [2.05, 4.69) is 28.1 Å². The number of rotatable bonds is 4. The van der Waals surface area contributed by atoms with Crippen LogP contribution in [0.2, 0.25) is 0 Å². The average Bonchev–Trinajstić information content (AvgIpc) is 2.32. The Morgan fingerprint density at radius 1 is 1.00 bits per heavy atom. The minimum atomic E-state index is 0.0629. The van der Waals surface area contributed by atoms with E-state index < -0.39 is 0 Å². The number of hydrogen-bond donors (Lipinski definition) is 2. The molecule has 2 aromatic carbocycles. The molecule has 0 fully saturated rings. The van der Waals surface area contributed by atoms with Gasteiger partial charge in [0.1, 0.15) is 5.75 Å². The van der Waals surface area contributed by atoms with Crippen LogP contribution in [0.5, 0.6) is 5.75 Å². The first kappa shape index (κ1) is 13.1. The third kappa shape index (κ3) is 3.86. The maximum Gasteiger partial charge on any atom is 0.115 e. The van der Waals surface area contributed by atoms with Crippen LogP contribution in [0.1, 0.15) is 11.1 Å². The lowest BCUT2D eigenvalue weighted by Crippen LogP contribution is -2.25. The average molecular weight is 306 g/mol. The van der Waals surface area contributed by atoms with Crippen molar-refractivity contribution in [2.75, 3.05) is 0 Å². The van der Waals surface area contributed by atoms with Gasteiger partial charge in [-0.05, 0) is 48.2 Å². The van der Waals surface area contributed by atoms with Crippen molar-refractivity contribution in [2.24, 2.45) is 5.73 Å². The Labute approximate surface area is 116 Å². The van der Waals surface area contributed by atoms with Crippen molar-refractivity contribution in [1.82, 2.24) is 0 Å². The topological polar surface area (TPSA) is 46.2 Å². The van der Waals surface area contributed by atoms with Crippen LogP contribution in [0.4, 0.5) is 0 Å². The van der Waals surface area contributed by atoms with Gasteiger partial charge in [-0.2, -0.15) is 0 Å². The smallest absolute Gasteiger partial charge is 0.115 e. The summed E-state index contributed by atoms with van der Waals surface area (Å²) >= 11 is 3.41. The predicted molar refractivity (Wildman–Crippen MR) is 77.6 cm³/mol. The van der Waals surface area contributed by atoms with Gasteiger partial charge in [0, 0.05) is 10.5 Å². The fourth-order valence-electron chi connectivity index (χ4n) is 1.98. The molecule has 1 atom stereocenters. The summed E-state index contributed by atoms with van der Waals surface area (Å²) in [6.07, 6.45) is 1.60. The molecular formula is C15H16BrNO. The molecule has 3 N–H and O–H groups in total.